The topological polar surface area (TPSA) is 20.3 Å². The first kappa shape index (κ1) is 27.1. The van der Waals surface area contributed by atoms with Gasteiger partial charge in [0.25, 0.3) is 11.7 Å². The van der Waals surface area contributed by atoms with E-state index in [4.69, 9.17) is 4.99 Å². The minimum absolute atomic E-state index is 0.959. The molecule has 7 aromatic carbocycles. The third-order valence-electron chi connectivity index (χ3n) is 9.45. The highest BCUT2D eigenvalue weighted by molar-refractivity contribution is 7.25. The fourth-order valence-electron chi connectivity index (χ4n) is 7.15. The SMILES string of the molecule is c1ccc(C2=NC(c3ccccc3)=[N+]2c2ccc(-n3c4ccccc4c4cc(-c5ccc6sc7ccccc7c6c5)ccc43)cc2)cc1. The molecule has 0 fully saturated rings. The summed E-state index contributed by atoms with van der Waals surface area (Å²) in [4.78, 5) is 4.99. The zero-order valence-electron chi connectivity index (χ0n) is 25.9. The first-order chi connectivity index (χ1) is 23.8. The second-order valence-electron chi connectivity index (χ2n) is 12.2. The van der Waals surface area contributed by atoms with Crippen LogP contribution >= 0.6 is 11.3 Å². The van der Waals surface area contributed by atoms with E-state index in [1.165, 1.54) is 53.1 Å². The quantitative estimate of drug-likeness (QED) is 0.169. The average Bonchev–Trinajstić information content (AvgIpc) is 3.68. The lowest BCUT2D eigenvalue weighted by molar-refractivity contribution is -0.319. The van der Waals surface area contributed by atoms with Crippen molar-refractivity contribution >= 4 is 70.7 Å². The molecule has 0 saturated carbocycles. The van der Waals surface area contributed by atoms with Gasteiger partial charge in [-0.15, -0.1) is 11.3 Å². The fourth-order valence-corrected chi connectivity index (χ4v) is 8.24. The summed E-state index contributed by atoms with van der Waals surface area (Å²) in [6.45, 7) is 0. The number of rotatable bonds is 5. The van der Waals surface area contributed by atoms with E-state index >= 15 is 0 Å². The van der Waals surface area contributed by atoms with Crippen molar-refractivity contribution in [3.63, 3.8) is 0 Å². The third-order valence-corrected chi connectivity index (χ3v) is 10.6. The molecule has 1 aliphatic rings. The Kier molecular flexibility index (Phi) is 6.05. The second-order valence-corrected chi connectivity index (χ2v) is 13.3. The Bertz CT molecular complexity index is 2750. The van der Waals surface area contributed by atoms with Crippen LogP contribution in [0.4, 0.5) is 5.69 Å². The summed E-state index contributed by atoms with van der Waals surface area (Å²) in [5.41, 5.74) is 9.29. The molecule has 0 amide bonds. The summed E-state index contributed by atoms with van der Waals surface area (Å²) in [6.07, 6.45) is 0. The van der Waals surface area contributed by atoms with E-state index in [9.17, 15) is 0 Å². The summed E-state index contributed by atoms with van der Waals surface area (Å²) in [7, 11) is 0. The van der Waals surface area contributed by atoms with E-state index in [1.54, 1.807) is 0 Å². The van der Waals surface area contributed by atoms with Crippen LogP contribution in [0.5, 0.6) is 0 Å². The van der Waals surface area contributed by atoms with Gasteiger partial charge in [0.1, 0.15) is 5.69 Å². The lowest BCUT2D eigenvalue weighted by Crippen LogP contribution is -2.34. The van der Waals surface area contributed by atoms with Gasteiger partial charge in [-0.2, -0.15) is 4.58 Å². The monoisotopic (exact) mass is 630 g/mol. The number of benzene rings is 7. The maximum Gasteiger partial charge on any atom is 0.279 e. The predicted octanol–water partition coefficient (Wildman–Crippen LogP) is 11.4. The van der Waals surface area contributed by atoms with Gasteiger partial charge < -0.3 is 4.57 Å². The maximum absolute atomic E-state index is 4.99. The highest BCUT2D eigenvalue weighted by Gasteiger charge is 2.33. The van der Waals surface area contributed by atoms with Gasteiger partial charge in [0, 0.05) is 36.6 Å². The van der Waals surface area contributed by atoms with Crippen molar-refractivity contribution < 1.29 is 4.58 Å². The molecule has 0 atom stereocenters. The van der Waals surface area contributed by atoms with Gasteiger partial charge in [-0.1, -0.05) is 89.9 Å². The van der Waals surface area contributed by atoms with Crippen LogP contribution in [0.3, 0.4) is 0 Å². The molecule has 224 valence electrons. The number of thiophene rings is 1. The highest BCUT2D eigenvalue weighted by atomic mass is 32.1. The van der Waals surface area contributed by atoms with Gasteiger partial charge in [-0.25, -0.2) is 0 Å². The number of para-hydroxylation sites is 1. The number of amidine groups is 2. The Hall–Kier alpha value is -6.10. The highest BCUT2D eigenvalue weighted by Crippen LogP contribution is 2.39. The number of aliphatic imine (C=N–C) groups is 1. The summed E-state index contributed by atoms with van der Waals surface area (Å²) < 4.78 is 7.31. The molecule has 2 aromatic heterocycles. The van der Waals surface area contributed by atoms with E-state index < -0.39 is 0 Å². The molecule has 1 aliphatic heterocycles. The van der Waals surface area contributed by atoms with E-state index in [2.05, 4.69) is 167 Å². The molecule has 0 aliphatic carbocycles. The molecule has 10 rings (SSSR count). The van der Waals surface area contributed by atoms with Crippen molar-refractivity contribution in [2.24, 2.45) is 4.99 Å². The lowest BCUT2D eigenvalue weighted by atomic mass is 10.0. The molecule has 0 saturated heterocycles. The van der Waals surface area contributed by atoms with Crippen molar-refractivity contribution in [1.29, 1.82) is 0 Å². The average molecular weight is 631 g/mol. The Morgan fingerprint density at radius 3 is 1.83 bits per heavy atom. The van der Waals surface area contributed by atoms with Gasteiger partial charge in [0.05, 0.1) is 22.2 Å². The molecule has 3 heterocycles. The number of aromatic nitrogens is 1. The zero-order valence-corrected chi connectivity index (χ0v) is 26.7. The zero-order chi connectivity index (χ0) is 31.6. The van der Waals surface area contributed by atoms with Gasteiger partial charge in [-0.3, -0.25) is 0 Å². The predicted molar refractivity (Wildman–Crippen MR) is 203 cm³/mol. The van der Waals surface area contributed by atoms with Gasteiger partial charge >= 0.3 is 0 Å². The summed E-state index contributed by atoms with van der Waals surface area (Å²) in [6, 6.07) is 61.0. The van der Waals surface area contributed by atoms with Crippen molar-refractivity contribution in [2.75, 3.05) is 0 Å². The van der Waals surface area contributed by atoms with E-state index in [1.807, 2.05) is 23.5 Å². The van der Waals surface area contributed by atoms with Gasteiger partial charge in [0.2, 0.25) is 0 Å². The van der Waals surface area contributed by atoms with E-state index in [0.29, 0.717) is 0 Å². The van der Waals surface area contributed by atoms with Crippen molar-refractivity contribution in [2.45, 2.75) is 0 Å². The van der Waals surface area contributed by atoms with Crippen LogP contribution < -0.4 is 0 Å². The van der Waals surface area contributed by atoms with Crippen LogP contribution in [0.15, 0.2) is 175 Å². The first-order valence-corrected chi connectivity index (χ1v) is 17.0. The minimum Gasteiger partial charge on any atom is -0.309 e. The van der Waals surface area contributed by atoms with Gasteiger partial charge in [0.15, 0.2) is 0 Å². The summed E-state index contributed by atoms with van der Waals surface area (Å²) >= 11 is 1.86. The molecular weight excluding hydrogens is 603 g/mol. The van der Waals surface area contributed by atoms with Crippen molar-refractivity contribution in [3.05, 3.63) is 181 Å². The summed E-state index contributed by atoms with van der Waals surface area (Å²) in [5, 5.41) is 5.16. The molecule has 0 radical (unpaired) electrons. The first-order valence-electron chi connectivity index (χ1n) is 16.2. The van der Waals surface area contributed by atoms with Crippen LogP contribution in [0.2, 0.25) is 0 Å². The largest absolute Gasteiger partial charge is 0.309 e. The second kappa shape index (κ2) is 10.7. The van der Waals surface area contributed by atoms with Gasteiger partial charge in [-0.05, 0) is 96.1 Å². The lowest BCUT2D eigenvalue weighted by Gasteiger charge is -2.19. The Balaban J connectivity index is 1.08. The molecular formula is C44H28N3S+. The third kappa shape index (κ3) is 4.20. The Morgan fingerprint density at radius 1 is 0.438 bits per heavy atom. The molecule has 9 aromatic rings. The Labute approximate surface area is 281 Å². The maximum atomic E-state index is 4.99. The normalized spacial score (nSPS) is 13.0. The Morgan fingerprint density at radius 2 is 1.04 bits per heavy atom. The molecule has 4 heteroatoms. The fraction of sp³-hybridized carbons (Fsp3) is 0. The van der Waals surface area contributed by atoms with Crippen LogP contribution in [0.1, 0.15) is 11.1 Å². The number of nitrogens with zero attached hydrogens (tertiary/aromatic N) is 3. The molecule has 0 N–H and O–H groups in total. The standard InChI is InChI=1S/C44H28N3S/c1-3-11-29(12-4-1)43-45-44(30-13-5-2-6-14-30)47(43)34-23-21-33(22-24-34)46-39-17-9-7-15-35(39)37-27-31(19-25-40(37)46)32-20-26-42-38(28-32)36-16-8-10-18-41(36)48-42/h1-28H/q+1. The van der Waals surface area contributed by atoms with Crippen LogP contribution in [0.25, 0.3) is 58.8 Å². The summed E-state index contributed by atoms with van der Waals surface area (Å²) in [5.74, 6) is 1.92. The smallest absolute Gasteiger partial charge is 0.279 e. The molecule has 0 bridgehead atoms. The van der Waals surface area contributed by atoms with Crippen LogP contribution in [-0.2, 0) is 0 Å². The van der Waals surface area contributed by atoms with Crippen molar-refractivity contribution in [3.8, 4) is 16.8 Å². The number of hydrogen-bond acceptors (Lipinski definition) is 2. The van der Waals surface area contributed by atoms with Crippen molar-refractivity contribution in [1.82, 2.24) is 4.57 Å². The van der Waals surface area contributed by atoms with Crippen LogP contribution in [-0.4, -0.2) is 20.8 Å². The number of hydrogen-bond donors (Lipinski definition) is 0. The number of fused-ring (bicyclic) bond motifs is 6. The van der Waals surface area contributed by atoms with Crippen LogP contribution in [0, 0.1) is 0 Å². The van der Waals surface area contributed by atoms with E-state index in [0.717, 1.165) is 34.2 Å². The minimum atomic E-state index is 0.959. The molecule has 0 unspecified atom stereocenters. The molecule has 0 spiro atoms. The molecule has 48 heavy (non-hydrogen) atoms. The molecule has 3 nitrogen and oxygen atoms in total. The van der Waals surface area contributed by atoms with E-state index in [-0.39, 0.29) is 0 Å².